The average molecular weight is 259 g/mol. The standard InChI is InChI=1S/C17H25NO/c1-13-5-6-16(14(2)11-13)18-12-15-7-10-17(19-15)8-3-4-9-17/h5-6,11,15,18H,3-4,7-10,12H2,1-2H3. The highest BCUT2D eigenvalue weighted by atomic mass is 16.5. The summed E-state index contributed by atoms with van der Waals surface area (Å²) in [7, 11) is 0. The molecule has 1 spiro atoms. The van der Waals surface area contributed by atoms with Crippen LogP contribution in [0.5, 0.6) is 0 Å². The molecule has 1 saturated heterocycles. The van der Waals surface area contributed by atoms with Crippen molar-refractivity contribution in [2.45, 2.75) is 64.1 Å². The lowest BCUT2D eigenvalue weighted by Crippen LogP contribution is -2.28. The number of anilines is 1. The molecule has 2 heteroatoms. The summed E-state index contributed by atoms with van der Waals surface area (Å²) in [5.41, 5.74) is 4.16. The molecule has 19 heavy (non-hydrogen) atoms. The molecule has 1 atom stereocenters. The summed E-state index contributed by atoms with van der Waals surface area (Å²) in [5.74, 6) is 0. The van der Waals surface area contributed by atoms with Gasteiger partial charge in [0.1, 0.15) is 0 Å². The van der Waals surface area contributed by atoms with E-state index in [1.165, 1.54) is 55.3 Å². The van der Waals surface area contributed by atoms with E-state index in [1.807, 2.05) is 0 Å². The molecule has 1 aliphatic carbocycles. The van der Waals surface area contributed by atoms with E-state index in [0.717, 1.165) is 6.54 Å². The molecule has 2 aliphatic rings. The van der Waals surface area contributed by atoms with Crippen molar-refractivity contribution in [1.29, 1.82) is 0 Å². The Kier molecular flexibility index (Phi) is 3.53. The molecule has 3 rings (SSSR count). The van der Waals surface area contributed by atoms with Gasteiger partial charge in [0.2, 0.25) is 0 Å². The van der Waals surface area contributed by atoms with E-state index in [4.69, 9.17) is 4.74 Å². The van der Waals surface area contributed by atoms with Crippen LogP contribution in [0.25, 0.3) is 0 Å². The quantitative estimate of drug-likeness (QED) is 0.878. The topological polar surface area (TPSA) is 21.3 Å². The highest BCUT2D eigenvalue weighted by Gasteiger charge is 2.41. The Balaban J connectivity index is 1.55. The minimum Gasteiger partial charge on any atom is -0.382 e. The van der Waals surface area contributed by atoms with Gasteiger partial charge >= 0.3 is 0 Å². The lowest BCUT2D eigenvalue weighted by Gasteiger charge is -2.24. The summed E-state index contributed by atoms with van der Waals surface area (Å²) in [6.07, 6.45) is 8.18. The average Bonchev–Trinajstić information content (AvgIpc) is 2.99. The second kappa shape index (κ2) is 5.16. The zero-order chi connectivity index (χ0) is 13.3. The first kappa shape index (κ1) is 13.0. The van der Waals surface area contributed by atoms with Gasteiger partial charge in [-0.1, -0.05) is 30.5 Å². The Hall–Kier alpha value is -1.02. The van der Waals surface area contributed by atoms with Crippen molar-refractivity contribution in [3.8, 4) is 0 Å². The Labute approximate surface area is 116 Å². The number of hydrogen-bond donors (Lipinski definition) is 1. The molecule has 0 aromatic heterocycles. The molecule has 1 saturated carbocycles. The molecule has 2 nitrogen and oxygen atoms in total. The lowest BCUT2D eigenvalue weighted by molar-refractivity contribution is -0.0307. The molecular weight excluding hydrogens is 234 g/mol. The van der Waals surface area contributed by atoms with Crippen molar-refractivity contribution in [3.63, 3.8) is 0 Å². The van der Waals surface area contributed by atoms with Crippen molar-refractivity contribution in [3.05, 3.63) is 29.3 Å². The second-order valence-electron chi connectivity index (χ2n) is 6.37. The van der Waals surface area contributed by atoms with Crippen molar-refractivity contribution in [1.82, 2.24) is 0 Å². The summed E-state index contributed by atoms with van der Waals surface area (Å²) >= 11 is 0. The zero-order valence-electron chi connectivity index (χ0n) is 12.2. The highest BCUT2D eigenvalue weighted by Crippen LogP contribution is 2.43. The molecule has 1 heterocycles. The molecule has 2 fully saturated rings. The molecule has 1 aliphatic heterocycles. The number of aryl methyl sites for hydroxylation is 2. The van der Waals surface area contributed by atoms with Crippen molar-refractivity contribution >= 4 is 5.69 Å². The van der Waals surface area contributed by atoms with Crippen LogP contribution < -0.4 is 5.32 Å². The molecule has 0 bridgehead atoms. The minimum atomic E-state index is 0.259. The van der Waals surface area contributed by atoms with Crippen LogP contribution in [0.4, 0.5) is 5.69 Å². The van der Waals surface area contributed by atoms with Crippen molar-refractivity contribution in [2.75, 3.05) is 11.9 Å². The van der Waals surface area contributed by atoms with Gasteiger partial charge in [0.15, 0.2) is 0 Å². The third-order valence-electron chi connectivity index (χ3n) is 4.76. The number of hydrogen-bond acceptors (Lipinski definition) is 2. The first-order chi connectivity index (χ1) is 9.17. The van der Waals surface area contributed by atoms with Gasteiger partial charge in [-0.3, -0.25) is 0 Å². The van der Waals surface area contributed by atoms with E-state index in [0.29, 0.717) is 6.10 Å². The number of nitrogens with one attached hydrogen (secondary N) is 1. The molecule has 1 N–H and O–H groups in total. The van der Waals surface area contributed by atoms with E-state index in [9.17, 15) is 0 Å². The van der Waals surface area contributed by atoms with E-state index in [-0.39, 0.29) is 5.60 Å². The third-order valence-corrected chi connectivity index (χ3v) is 4.76. The molecule has 1 unspecified atom stereocenters. The van der Waals surface area contributed by atoms with Gasteiger partial charge in [-0.2, -0.15) is 0 Å². The van der Waals surface area contributed by atoms with Crippen LogP contribution in [0.1, 0.15) is 49.7 Å². The molecule has 0 amide bonds. The molecule has 1 aromatic carbocycles. The van der Waals surface area contributed by atoms with Gasteiger partial charge in [-0.05, 0) is 51.2 Å². The van der Waals surface area contributed by atoms with Crippen LogP contribution in [0.3, 0.4) is 0 Å². The summed E-state index contributed by atoms with van der Waals surface area (Å²) in [6.45, 7) is 5.26. The van der Waals surface area contributed by atoms with Gasteiger partial charge in [0.25, 0.3) is 0 Å². The third kappa shape index (κ3) is 2.79. The fourth-order valence-electron chi connectivity index (χ4n) is 3.66. The Morgan fingerprint density at radius 3 is 2.74 bits per heavy atom. The van der Waals surface area contributed by atoms with Crippen LogP contribution in [0, 0.1) is 13.8 Å². The van der Waals surface area contributed by atoms with E-state index in [1.54, 1.807) is 0 Å². The number of benzene rings is 1. The molecular formula is C17H25NO. The van der Waals surface area contributed by atoms with E-state index < -0.39 is 0 Å². The predicted molar refractivity (Wildman–Crippen MR) is 79.7 cm³/mol. The first-order valence-corrected chi connectivity index (χ1v) is 7.66. The Morgan fingerprint density at radius 2 is 2.00 bits per heavy atom. The van der Waals surface area contributed by atoms with Gasteiger partial charge in [-0.25, -0.2) is 0 Å². The van der Waals surface area contributed by atoms with Gasteiger partial charge in [0, 0.05) is 12.2 Å². The number of ether oxygens (including phenoxy) is 1. The van der Waals surface area contributed by atoms with Crippen LogP contribution >= 0.6 is 0 Å². The predicted octanol–water partition coefficient (Wildman–Crippen LogP) is 4.21. The Bertz CT molecular complexity index is 449. The largest absolute Gasteiger partial charge is 0.382 e. The highest BCUT2D eigenvalue weighted by molar-refractivity contribution is 5.51. The Morgan fingerprint density at radius 1 is 1.21 bits per heavy atom. The molecule has 1 aromatic rings. The zero-order valence-corrected chi connectivity index (χ0v) is 12.2. The summed E-state index contributed by atoms with van der Waals surface area (Å²) < 4.78 is 6.33. The maximum Gasteiger partial charge on any atom is 0.0756 e. The van der Waals surface area contributed by atoms with Gasteiger partial charge in [0.05, 0.1) is 11.7 Å². The fraction of sp³-hybridized carbons (Fsp3) is 0.647. The monoisotopic (exact) mass is 259 g/mol. The van der Waals surface area contributed by atoms with E-state index >= 15 is 0 Å². The lowest BCUT2D eigenvalue weighted by atomic mass is 9.98. The first-order valence-electron chi connectivity index (χ1n) is 7.66. The van der Waals surface area contributed by atoms with Crippen LogP contribution in [0.2, 0.25) is 0 Å². The summed E-state index contributed by atoms with van der Waals surface area (Å²) in [4.78, 5) is 0. The molecule has 104 valence electrons. The summed E-state index contributed by atoms with van der Waals surface area (Å²) in [5, 5.41) is 3.56. The summed E-state index contributed by atoms with van der Waals surface area (Å²) in [6, 6.07) is 6.59. The second-order valence-corrected chi connectivity index (χ2v) is 6.37. The maximum atomic E-state index is 6.33. The van der Waals surface area contributed by atoms with Gasteiger partial charge < -0.3 is 10.1 Å². The maximum absolute atomic E-state index is 6.33. The van der Waals surface area contributed by atoms with Crippen LogP contribution in [-0.2, 0) is 4.74 Å². The fourth-order valence-corrected chi connectivity index (χ4v) is 3.66. The normalized spacial score (nSPS) is 25.1. The van der Waals surface area contributed by atoms with E-state index in [2.05, 4.69) is 37.4 Å². The van der Waals surface area contributed by atoms with Crippen molar-refractivity contribution in [2.24, 2.45) is 0 Å². The van der Waals surface area contributed by atoms with Crippen LogP contribution in [-0.4, -0.2) is 18.2 Å². The van der Waals surface area contributed by atoms with Crippen LogP contribution in [0.15, 0.2) is 18.2 Å². The van der Waals surface area contributed by atoms with Crippen molar-refractivity contribution < 1.29 is 4.74 Å². The SMILES string of the molecule is Cc1ccc(NCC2CCC3(CCCC3)O2)c(C)c1. The molecule has 0 radical (unpaired) electrons. The van der Waals surface area contributed by atoms with Gasteiger partial charge in [-0.15, -0.1) is 0 Å². The minimum absolute atomic E-state index is 0.259. The smallest absolute Gasteiger partial charge is 0.0756 e. The number of rotatable bonds is 3.